The summed E-state index contributed by atoms with van der Waals surface area (Å²) in [4.78, 5) is 5.83. The second kappa shape index (κ2) is 6.08. The van der Waals surface area contributed by atoms with Gasteiger partial charge in [-0.1, -0.05) is 42.5 Å². The molecule has 0 saturated carbocycles. The van der Waals surface area contributed by atoms with Crippen LogP contribution in [0.1, 0.15) is 5.01 Å². The van der Waals surface area contributed by atoms with Gasteiger partial charge in [0.1, 0.15) is 10.8 Å². The third-order valence-electron chi connectivity index (χ3n) is 3.23. The lowest BCUT2D eigenvalue weighted by Gasteiger charge is -2.05. The Labute approximate surface area is 128 Å². The second-order valence-electron chi connectivity index (χ2n) is 4.59. The van der Waals surface area contributed by atoms with E-state index in [1.807, 2.05) is 42.5 Å². The van der Waals surface area contributed by atoms with Gasteiger partial charge in [0, 0.05) is 12.1 Å². The van der Waals surface area contributed by atoms with Gasteiger partial charge >= 0.3 is 0 Å². The molecule has 2 aromatic carbocycles. The molecule has 0 amide bonds. The molecule has 2 N–H and O–H groups in total. The molecule has 0 fully saturated rings. The first-order chi connectivity index (χ1) is 10.3. The molecule has 3 aromatic rings. The first kappa shape index (κ1) is 13.8. The summed E-state index contributed by atoms with van der Waals surface area (Å²) in [6, 6.07) is 18.2. The molecule has 21 heavy (non-hydrogen) atoms. The van der Waals surface area contributed by atoms with Crippen molar-refractivity contribution in [3.8, 4) is 27.4 Å². The van der Waals surface area contributed by atoms with Crippen molar-refractivity contribution in [1.29, 1.82) is 0 Å². The Kier molecular flexibility index (Phi) is 3.99. The summed E-state index contributed by atoms with van der Waals surface area (Å²) in [5, 5.41) is 0.937. The Bertz CT molecular complexity index is 738. The topological polar surface area (TPSA) is 48.1 Å². The molecule has 0 aliphatic heterocycles. The number of nitrogens with zero attached hydrogens (tertiary/aromatic N) is 1. The van der Waals surface area contributed by atoms with Crippen LogP contribution in [0, 0.1) is 0 Å². The molecule has 0 atom stereocenters. The van der Waals surface area contributed by atoms with E-state index in [4.69, 9.17) is 10.5 Å². The number of thiazole rings is 1. The van der Waals surface area contributed by atoms with Crippen molar-refractivity contribution >= 4 is 11.3 Å². The van der Waals surface area contributed by atoms with Crippen LogP contribution < -0.4 is 10.5 Å². The van der Waals surface area contributed by atoms with Crippen molar-refractivity contribution < 1.29 is 4.74 Å². The average molecular weight is 296 g/mol. The number of hydrogen-bond donors (Lipinski definition) is 1. The SMILES string of the molecule is COc1cccc(-c2nc(CN)sc2-c2ccccc2)c1. The van der Waals surface area contributed by atoms with Crippen molar-refractivity contribution in [3.63, 3.8) is 0 Å². The van der Waals surface area contributed by atoms with Crippen LogP contribution in [0.4, 0.5) is 0 Å². The quantitative estimate of drug-likeness (QED) is 0.793. The number of benzene rings is 2. The minimum absolute atomic E-state index is 0.453. The molecule has 106 valence electrons. The first-order valence-corrected chi connectivity index (χ1v) is 7.53. The van der Waals surface area contributed by atoms with E-state index >= 15 is 0 Å². The summed E-state index contributed by atoms with van der Waals surface area (Å²) in [6.45, 7) is 0.453. The number of rotatable bonds is 4. The van der Waals surface area contributed by atoms with Crippen molar-refractivity contribution in [3.05, 3.63) is 59.6 Å². The first-order valence-electron chi connectivity index (χ1n) is 6.71. The van der Waals surface area contributed by atoms with Crippen LogP contribution in [0.25, 0.3) is 21.7 Å². The highest BCUT2D eigenvalue weighted by Crippen LogP contribution is 2.37. The highest BCUT2D eigenvalue weighted by molar-refractivity contribution is 7.15. The van der Waals surface area contributed by atoms with E-state index in [-0.39, 0.29) is 0 Å². The number of nitrogens with two attached hydrogens (primary N) is 1. The molecule has 0 radical (unpaired) electrons. The lowest BCUT2D eigenvalue weighted by Crippen LogP contribution is -1.94. The van der Waals surface area contributed by atoms with Gasteiger partial charge in [0.05, 0.1) is 17.7 Å². The van der Waals surface area contributed by atoms with E-state index in [9.17, 15) is 0 Å². The fourth-order valence-corrected chi connectivity index (χ4v) is 3.17. The highest BCUT2D eigenvalue weighted by Gasteiger charge is 2.14. The van der Waals surface area contributed by atoms with Crippen molar-refractivity contribution in [2.75, 3.05) is 7.11 Å². The Balaban J connectivity index is 2.15. The summed E-state index contributed by atoms with van der Waals surface area (Å²) in [6.07, 6.45) is 0. The summed E-state index contributed by atoms with van der Waals surface area (Å²) in [5.41, 5.74) is 8.94. The largest absolute Gasteiger partial charge is 0.497 e. The monoisotopic (exact) mass is 296 g/mol. The fourth-order valence-electron chi connectivity index (χ4n) is 2.20. The third-order valence-corrected chi connectivity index (χ3v) is 4.35. The van der Waals surface area contributed by atoms with Gasteiger partial charge in [0.25, 0.3) is 0 Å². The van der Waals surface area contributed by atoms with Crippen LogP contribution in [-0.2, 0) is 6.54 Å². The molecular formula is C17H16N2OS. The normalized spacial score (nSPS) is 10.6. The van der Waals surface area contributed by atoms with Gasteiger partial charge in [-0.25, -0.2) is 4.98 Å². The molecule has 1 heterocycles. The molecule has 1 aromatic heterocycles. The maximum Gasteiger partial charge on any atom is 0.119 e. The molecule has 0 saturated heterocycles. The van der Waals surface area contributed by atoms with Gasteiger partial charge in [-0.05, 0) is 17.7 Å². The Morgan fingerprint density at radius 2 is 1.81 bits per heavy atom. The van der Waals surface area contributed by atoms with Crippen LogP contribution in [0.2, 0.25) is 0 Å². The van der Waals surface area contributed by atoms with Crippen molar-refractivity contribution in [1.82, 2.24) is 4.98 Å². The molecule has 0 aliphatic rings. The summed E-state index contributed by atoms with van der Waals surface area (Å²) < 4.78 is 5.31. The molecule has 4 heteroatoms. The number of hydrogen-bond acceptors (Lipinski definition) is 4. The van der Waals surface area contributed by atoms with Crippen molar-refractivity contribution in [2.45, 2.75) is 6.54 Å². The summed E-state index contributed by atoms with van der Waals surface area (Å²) in [7, 11) is 1.67. The Morgan fingerprint density at radius 3 is 2.52 bits per heavy atom. The van der Waals surface area contributed by atoms with Crippen LogP contribution in [0.5, 0.6) is 5.75 Å². The van der Waals surface area contributed by atoms with Gasteiger partial charge < -0.3 is 10.5 Å². The van der Waals surface area contributed by atoms with E-state index < -0.39 is 0 Å². The summed E-state index contributed by atoms with van der Waals surface area (Å²) in [5.74, 6) is 0.828. The number of methoxy groups -OCH3 is 1. The van der Waals surface area contributed by atoms with Gasteiger partial charge in [0.15, 0.2) is 0 Å². The predicted molar refractivity (Wildman–Crippen MR) is 87.4 cm³/mol. The van der Waals surface area contributed by atoms with Crippen LogP contribution >= 0.6 is 11.3 Å². The van der Waals surface area contributed by atoms with E-state index in [2.05, 4.69) is 17.1 Å². The lowest BCUT2D eigenvalue weighted by molar-refractivity contribution is 0.415. The number of aromatic nitrogens is 1. The maximum absolute atomic E-state index is 5.77. The second-order valence-corrected chi connectivity index (χ2v) is 5.67. The molecule has 3 nitrogen and oxygen atoms in total. The van der Waals surface area contributed by atoms with E-state index in [0.717, 1.165) is 32.5 Å². The zero-order chi connectivity index (χ0) is 14.7. The standard InChI is InChI=1S/C17H16N2OS/c1-20-14-9-5-8-13(10-14)16-17(21-15(11-18)19-16)12-6-3-2-4-7-12/h2-10H,11,18H2,1H3. The van der Waals surface area contributed by atoms with Crippen LogP contribution in [0.3, 0.4) is 0 Å². The molecule has 0 bridgehead atoms. The molecule has 3 rings (SSSR count). The Morgan fingerprint density at radius 1 is 1.05 bits per heavy atom. The molecule has 0 aliphatic carbocycles. The van der Waals surface area contributed by atoms with Crippen molar-refractivity contribution in [2.24, 2.45) is 5.73 Å². The zero-order valence-corrected chi connectivity index (χ0v) is 12.6. The van der Waals surface area contributed by atoms with E-state index in [0.29, 0.717) is 6.54 Å². The maximum atomic E-state index is 5.77. The van der Waals surface area contributed by atoms with Gasteiger partial charge in [-0.2, -0.15) is 0 Å². The highest BCUT2D eigenvalue weighted by atomic mass is 32.1. The predicted octanol–water partition coefficient (Wildman–Crippen LogP) is 3.94. The van der Waals surface area contributed by atoms with Crippen LogP contribution in [0.15, 0.2) is 54.6 Å². The minimum atomic E-state index is 0.453. The van der Waals surface area contributed by atoms with E-state index in [1.54, 1.807) is 18.4 Å². The minimum Gasteiger partial charge on any atom is -0.497 e. The van der Waals surface area contributed by atoms with Gasteiger partial charge in [0.2, 0.25) is 0 Å². The summed E-state index contributed by atoms with van der Waals surface area (Å²) >= 11 is 1.64. The molecule has 0 unspecified atom stereocenters. The lowest BCUT2D eigenvalue weighted by atomic mass is 10.1. The third kappa shape index (κ3) is 2.82. The Hall–Kier alpha value is -2.17. The average Bonchev–Trinajstić information content (AvgIpc) is 3.00. The molecule has 0 spiro atoms. The van der Waals surface area contributed by atoms with E-state index in [1.165, 1.54) is 0 Å². The fraction of sp³-hybridized carbons (Fsp3) is 0.118. The number of ether oxygens (including phenoxy) is 1. The van der Waals surface area contributed by atoms with Gasteiger partial charge in [-0.15, -0.1) is 11.3 Å². The van der Waals surface area contributed by atoms with Crippen LogP contribution in [-0.4, -0.2) is 12.1 Å². The smallest absolute Gasteiger partial charge is 0.119 e. The molecular weight excluding hydrogens is 280 g/mol. The van der Waals surface area contributed by atoms with Gasteiger partial charge in [-0.3, -0.25) is 0 Å². The zero-order valence-electron chi connectivity index (χ0n) is 11.7.